The molecule has 0 N–H and O–H groups in total. The number of amides is 3. The highest BCUT2D eigenvalue weighted by Crippen LogP contribution is 2.42. The molecule has 31 heavy (non-hydrogen) atoms. The fourth-order valence-corrected chi connectivity index (χ4v) is 5.62. The predicted octanol–water partition coefficient (Wildman–Crippen LogP) is 2.26. The number of benzene rings is 1. The standard InChI is InChI=1S/C22H24N2O5S2/c1-31(28,29)18-6-4-16(5-7-18)15-24-20(26)14-22(21(24)27)8-10-23(11-9-22)19(25)13-17-3-2-12-30-17/h2-7,12H,8-11,13-15H2,1H3. The molecule has 0 atom stereocenters. The van der Waals surface area contributed by atoms with E-state index in [0.717, 1.165) is 11.1 Å². The Morgan fingerprint density at radius 2 is 1.77 bits per heavy atom. The molecule has 0 radical (unpaired) electrons. The van der Waals surface area contributed by atoms with Crippen molar-refractivity contribution in [2.45, 2.75) is 37.1 Å². The summed E-state index contributed by atoms with van der Waals surface area (Å²) in [5.74, 6) is -0.345. The van der Waals surface area contributed by atoms with E-state index in [1.54, 1.807) is 28.4 Å². The first-order chi connectivity index (χ1) is 14.7. The first-order valence-corrected chi connectivity index (χ1v) is 12.9. The van der Waals surface area contributed by atoms with Crippen LogP contribution in [-0.4, -0.2) is 55.3 Å². The van der Waals surface area contributed by atoms with E-state index in [9.17, 15) is 22.8 Å². The lowest BCUT2D eigenvalue weighted by atomic mass is 9.77. The molecule has 4 rings (SSSR count). The van der Waals surface area contributed by atoms with Crippen molar-refractivity contribution < 1.29 is 22.8 Å². The summed E-state index contributed by atoms with van der Waals surface area (Å²) in [6.45, 7) is 1.07. The van der Waals surface area contributed by atoms with Crippen LogP contribution in [0.4, 0.5) is 0 Å². The van der Waals surface area contributed by atoms with Crippen LogP contribution in [0.15, 0.2) is 46.7 Å². The largest absolute Gasteiger partial charge is 0.342 e. The number of thiophene rings is 1. The topological polar surface area (TPSA) is 91.8 Å². The van der Waals surface area contributed by atoms with Crippen molar-refractivity contribution in [3.8, 4) is 0 Å². The maximum Gasteiger partial charge on any atom is 0.236 e. The Kier molecular flexibility index (Phi) is 5.74. The summed E-state index contributed by atoms with van der Waals surface area (Å²) in [6.07, 6.45) is 2.64. The van der Waals surface area contributed by atoms with Gasteiger partial charge >= 0.3 is 0 Å². The number of carbonyl (C=O) groups excluding carboxylic acids is 3. The minimum Gasteiger partial charge on any atom is -0.342 e. The Hall–Kier alpha value is -2.52. The Morgan fingerprint density at radius 3 is 2.35 bits per heavy atom. The van der Waals surface area contributed by atoms with Gasteiger partial charge in [0.05, 0.1) is 23.3 Å². The fraction of sp³-hybridized carbons (Fsp3) is 0.409. The lowest BCUT2D eigenvalue weighted by Crippen LogP contribution is -2.47. The van der Waals surface area contributed by atoms with Crippen LogP contribution in [0.3, 0.4) is 0 Å². The molecule has 2 aromatic rings. The Labute approximate surface area is 185 Å². The van der Waals surface area contributed by atoms with Crippen LogP contribution in [-0.2, 0) is 37.2 Å². The van der Waals surface area contributed by atoms with Gasteiger partial charge in [0.1, 0.15) is 0 Å². The third kappa shape index (κ3) is 4.43. The van der Waals surface area contributed by atoms with Crippen molar-refractivity contribution in [2.24, 2.45) is 5.41 Å². The van der Waals surface area contributed by atoms with Gasteiger partial charge in [0.2, 0.25) is 17.7 Å². The molecule has 7 nitrogen and oxygen atoms in total. The van der Waals surface area contributed by atoms with Gasteiger partial charge in [-0.15, -0.1) is 11.3 Å². The number of nitrogens with zero attached hydrogens (tertiary/aromatic N) is 2. The first kappa shape index (κ1) is 21.7. The zero-order valence-corrected chi connectivity index (χ0v) is 18.9. The summed E-state index contributed by atoms with van der Waals surface area (Å²) in [6, 6.07) is 10.1. The van der Waals surface area contributed by atoms with E-state index in [1.165, 1.54) is 17.0 Å². The summed E-state index contributed by atoms with van der Waals surface area (Å²) in [5.41, 5.74) is -0.0292. The summed E-state index contributed by atoms with van der Waals surface area (Å²) >= 11 is 1.55. The van der Waals surface area contributed by atoms with Gasteiger partial charge in [0.25, 0.3) is 0 Å². The van der Waals surface area contributed by atoms with Crippen LogP contribution in [0, 0.1) is 5.41 Å². The number of likely N-dealkylation sites (tertiary alicyclic amines) is 2. The monoisotopic (exact) mass is 460 g/mol. The molecule has 164 valence electrons. The summed E-state index contributed by atoms with van der Waals surface area (Å²) < 4.78 is 23.2. The Morgan fingerprint density at radius 1 is 1.10 bits per heavy atom. The number of hydrogen-bond donors (Lipinski definition) is 0. The number of carbonyl (C=O) groups is 3. The smallest absolute Gasteiger partial charge is 0.236 e. The molecule has 3 amide bonds. The molecule has 0 unspecified atom stereocenters. The number of hydrogen-bond acceptors (Lipinski definition) is 6. The van der Waals surface area contributed by atoms with Gasteiger partial charge < -0.3 is 4.90 Å². The molecule has 0 bridgehead atoms. The van der Waals surface area contributed by atoms with Crippen LogP contribution < -0.4 is 0 Å². The summed E-state index contributed by atoms with van der Waals surface area (Å²) in [7, 11) is -3.30. The van der Waals surface area contributed by atoms with E-state index < -0.39 is 15.3 Å². The number of sulfone groups is 1. The number of piperidine rings is 1. The zero-order chi connectivity index (χ0) is 22.2. The molecule has 9 heteroatoms. The molecule has 2 saturated heterocycles. The van der Waals surface area contributed by atoms with E-state index in [2.05, 4.69) is 0 Å². The fourth-order valence-electron chi connectivity index (χ4n) is 4.29. The van der Waals surface area contributed by atoms with Crippen molar-refractivity contribution in [1.29, 1.82) is 0 Å². The third-order valence-electron chi connectivity index (χ3n) is 6.16. The molecule has 2 aliphatic rings. The maximum absolute atomic E-state index is 13.2. The normalized spacial score (nSPS) is 18.7. The highest BCUT2D eigenvalue weighted by atomic mass is 32.2. The van der Waals surface area contributed by atoms with Crippen LogP contribution >= 0.6 is 11.3 Å². The van der Waals surface area contributed by atoms with Gasteiger partial charge in [0.15, 0.2) is 9.84 Å². The minimum atomic E-state index is -3.30. The van der Waals surface area contributed by atoms with Crippen molar-refractivity contribution >= 4 is 38.9 Å². The van der Waals surface area contributed by atoms with Crippen molar-refractivity contribution in [2.75, 3.05) is 19.3 Å². The Bertz CT molecular complexity index is 1100. The molecule has 1 spiro atoms. The van der Waals surface area contributed by atoms with Gasteiger partial charge in [-0.1, -0.05) is 18.2 Å². The summed E-state index contributed by atoms with van der Waals surface area (Å²) in [4.78, 5) is 42.6. The molecule has 1 aromatic carbocycles. The molecular weight excluding hydrogens is 436 g/mol. The second kappa shape index (κ2) is 8.20. The van der Waals surface area contributed by atoms with Gasteiger partial charge in [-0.2, -0.15) is 0 Å². The minimum absolute atomic E-state index is 0.0527. The van der Waals surface area contributed by atoms with Crippen LogP contribution in [0.5, 0.6) is 0 Å². The van der Waals surface area contributed by atoms with Crippen LogP contribution in [0.2, 0.25) is 0 Å². The second-order valence-electron chi connectivity index (χ2n) is 8.30. The third-order valence-corrected chi connectivity index (χ3v) is 8.17. The quantitative estimate of drug-likeness (QED) is 0.639. The molecular formula is C22H24N2O5S2. The average Bonchev–Trinajstić information content (AvgIpc) is 3.31. The molecule has 2 aliphatic heterocycles. The highest BCUT2D eigenvalue weighted by Gasteiger charge is 2.52. The maximum atomic E-state index is 13.2. The molecule has 0 aliphatic carbocycles. The molecule has 2 fully saturated rings. The van der Waals surface area contributed by atoms with E-state index in [-0.39, 0.29) is 35.6 Å². The lowest BCUT2D eigenvalue weighted by molar-refractivity contribution is -0.145. The molecule has 3 heterocycles. The van der Waals surface area contributed by atoms with E-state index in [1.807, 2.05) is 17.5 Å². The summed E-state index contributed by atoms with van der Waals surface area (Å²) in [5, 5.41) is 1.94. The van der Waals surface area contributed by atoms with Crippen molar-refractivity contribution in [1.82, 2.24) is 9.80 Å². The zero-order valence-electron chi connectivity index (χ0n) is 17.2. The van der Waals surface area contributed by atoms with E-state index in [0.29, 0.717) is 37.9 Å². The predicted molar refractivity (Wildman–Crippen MR) is 116 cm³/mol. The van der Waals surface area contributed by atoms with E-state index >= 15 is 0 Å². The van der Waals surface area contributed by atoms with Crippen LogP contribution in [0.1, 0.15) is 29.7 Å². The number of rotatable bonds is 5. The van der Waals surface area contributed by atoms with Crippen molar-refractivity contribution in [3.05, 3.63) is 52.2 Å². The van der Waals surface area contributed by atoms with Crippen LogP contribution in [0.25, 0.3) is 0 Å². The van der Waals surface area contributed by atoms with Gasteiger partial charge in [0, 0.05) is 30.6 Å². The Balaban J connectivity index is 1.39. The first-order valence-electron chi connectivity index (χ1n) is 10.1. The molecule has 1 aromatic heterocycles. The number of imide groups is 1. The second-order valence-corrected chi connectivity index (χ2v) is 11.3. The SMILES string of the molecule is CS(=O)(=O)c1ccc(CN2C(=O)CC3(CCN(C(=O)Cc4cccs4)CC3)C2=O)cc1. The average molecular weight is 461 g/mol. The lowest BCUT2D eigenvalue weighted by Gasteiger charge is -2.37. The van der Waals surface area contributed by atoms with Crippen molar-refractivity contribution in [3.63, 3.8) is 0 Å². The van der Waals surface area contributed by atoms with Gasteiger partial charge in [-0.25, -0.2) is 8.42 Å². The highest BCUT2D eigenvalue weighted by molar-refractivity contribution is 7.90. The van der Waals surface area contributed by atoms with E-state index in [4.69, 9.17) is 0 Å². The van der Waals surface area contributed by atoms with Gasteiger partial charge in [-0.05, 0) is 42.0 Å². The van der Waals surface area contributed by atoms with Gasteiger partial charge in [-0.3, -0.25) is 19.3 Å². The molecule has 0 saturated carbocycles.